The maximum atomic E-state index is 12.6. The number of carbonyl (C=O) groups is 1. The average molecular weight is 262 g/mol. The lowest BCUT2D eigenvalue weighted by molar-refractivity contribution is -0.158. The molecular weight excluding hydrogens is 238 g/mol. The highest BCUT2D eigenvalue weighted by molar-refractivity contribution is 5.77. The number of hydrogen-bond donors (Lipinski definition) is 1. The summed E-state index contributed by atoms with van der Waals surface area (Å²) in [5.41, 5.74) is 0. The van der Waals surface area contributed by atoms with Crippen molar-refractivity contribution in [3.63, 3.8) is 0 Å². The van der Waals surface area contributed by atoms with Gasteiger partial charge < -0.3 is 5.11 Å². The second-order valence-electron chi connectivity index (χ2n) is 4.59. The minimum absolute atomic E-state index is 0.483. The first kappa shape index (κ1) is 17.1. The molecule has 0 atom stereocenters. The van der Waals surface area contributed by atoms with Gasteiger partial charge in [0.25, 0.3) is 0 Å². The van der Waals surface area contributed by atoms with E-state index >= 15 is 0 Å². The molecule has 0 amide bonds. The Morgan fingerprint density at radius 2 is 1.56 bits per heavy atom. The van der Waals surface area contributed by atoms with Gasteiger partial charge in [0.2, 0.25) is 0 Å². The van der Waals surface area contributed by atoms with Gasteiger partial charge in [-0.3, -0.25) is 0 Å². The fourth-order valence-electron chi connectivity index (χ4n) is 1.70. The SMILES string of the molecule is CCCCCCCCCCC=CC(F)(F)C(=O)O. The zero-order valence-corrected chi connectivity index (χ0v) is 11.1. The number of carboxylic acid groups (broad SMARTS) is 1. The van der Waals surface area contributed by atoms with Crippen molar-refractivity contribution in [2.24, 2.45) is 0 Å². The van der Waals surface area contributed by atoms with Crippen LogP contribution in [0.1, 0.15) is 64.7 Å². The Kier molecular flexibility index (Phi) is 9.52. The van der Waals surface area contributed by atoms with Gasteiger partial charge in [-0.2, -0.15) is 8.78 Å². The van der Waals surface area contributed by atoms with Crippen LogP contribution in [0.3, 0.4) is 0 Å². The quantitative estimate of drug-likeness (QED) is 0.429. The van der Waals surface area contributed by atoms with E-state index in [9.17, 15) is 13.6 Å². The number of halogens is 2. The van der Waals surface area contributed by atoms with Crippen LogP contribution in [0.4, 0.5) is 8.78 Å². The molecule has 0 saturated heterocycles. The maximum Gasteiger partial charge on any atom is 0.378 e. The van der Waals surface area contributed by atoms with E-state index in [1.165, 1.54) is 38.2 Å². The number of carboxylic acids is 1. The van der Waals surface area contributed by atoms with Gasteiger partial charge in [-0.1, -0.05) is 57.9 Å². The molecule has 0 bridgehead atoms. The van der Waals surface area contributed by atoms with E-state index in [0.29, 0.717) is 12.5 Å². The highest BCUT2D eigenvalue weighted by Gasteiger charge is 2.34. The maximum absolute atomic E-state index is 12.6. The summed E-state index contributed by atoms with van der Waals surface area (Å²) in [7, 11) is 0. The molecule has 0 aliphatic heterocycles. The van der Waals surface area contributed by atoms with Gasteiger partial charge in [0, 0.05) is 0 Å². The van der Waals surface area contributed by atoms with Gasteiger partial charge in [0.15, 0.2) is 0 Å². The summed E-state index contributed by atoms with van der Waals surface area (Å²) in [5, 5.41) is 8.18. The fourth-order valence-corrected chi connectivity index (χ4v) is 1.70. The smallest absolute Gasteiger partial charge is 0.378 e. The Balaban J connectivity index is 3.40. The number of allylic oxidation sites excluding steroid dienone is 1. The van der Waals surface area contributed by atoms with Crippen LogP contribution < -0.4 is 0 Å². The Morgan fingerprint density at radius 3 is 2.06 bits per heavy atom. The molecule has 1 N–H and O–H groups in total. The molecule has 2 nitrogen and oxygen atoms in total. The minimum Gasteiger partial charge on any atom is -0.477 e. The van der Waals surface area contributed by atoms with Gasteiger partial charge in [-0.15, -0.1) is 0 Å². The Hall–Kier alpha value is -0.930. The molecule has 0 saturated carbocycles. The zero-order chi connectivity index (χ0) is 13.9. The lowest BCUT2D eigenvalue weighted by Crippen LogP contribution is -2.24. The van der Waals surface area contributed by atoms with Crippen LogP contribution in [-0.4, -0.2) is 17.0 Å². The minimum atomic E-state index is -3.72. The number of unbranched alkanes of at least 4 members (excludes halogenated alkanes) is 8. The molecule has 0 radical (unpaired) electrons. The molecule has 0 aromatic heterocycles. The van der Waals surface area contributed by atoms with E-state index in [2.05, 4.69) is 6.92 Å². The van der Waals surface area contributed by atoms with Crippen LogP contribution in [0.2, 0.25) is 0 Å². The predicted molar refractivity (Wildman–Crippen MR) is 68.9 cm³/mol. The molecule has 0 aromatic rings. The van der Waals surface area contributed by atoms with Crippen molar-refractivity contribution in [3.05, 3.63) is 12.2 Å². The van der Waals surface area contributed by atoms with Gasteiger partial charge >= 0.3 is 11.9 Å². The molecule has 0 rings (SSSR count). The van der Waals surface area contributed by atoms with Crippen molar-refractivity contribution in [1.29, 1.82) is 0 Å². The van der Waals surface area contributed by atoms with Crippen LogP contribution >= 0.6 is 0 Å². The Labute approximate surface area is 108 Å². The van der Waals surface area contributed by atoms with Gasteiger partial charge in [0.1, 0.15) is 0 Å². The number of rotatable bonds is 11. The molecule has 0 aliphatic rings. The second kappa shape index (κ2) is 10.0. The monoisotopic (exact) mass is 262 g/mol. The summed E-state index contributed by atoms with van der Waals surface area (Å²) in [4.78, 5) is 10.1. The first-order valence-electron chi connectivity index (χ1n) is 6.79. The molecule has 0 unspecified atom stereocenters. The Morgan fingerprint density at radius 1 is 1.06 bits per heavy atom. The third-order valence-corrected chi connectivity index (χ3v) is 2.84. The molecule has 0 aliphatic carbocycles. The highest BCUT2D eigenvalue weighted by Crippen LogP contribution is 2.16. The molecule has 0 spiro atoms. The third-order valence-electron chi connectivity index (χ3n) is 2.84. The van der Waals surface area contributed by atoms with E-state index in [4.69, 9.17) is 5.11 Å². The van der Waals surface area contributed by atoms with E-state index in [1.54, 1.807) is 0 Å². The summed E-state index contributed by atoms with van der Waals surface area (Å²) < 4.78 is 25.2. The average Bonchev–Trinajstić information content (AvgIpc) is 2.31. The van der Waals surface area contributed by atoms with Gasteiger partial charge in [-0.25, -0.2) is 4.79 Å². The second-order valence-corrected chi connectivity index (χ2v) is 4.59. The van der Waals surface area contributed by atoms with E-state index in [0.717, 1.165) is 19.3 Å². The van der Waals surface area contributed by atoms with E-state index in [-0.39, 0.29) is 0 Å². The van der Waals surface area contributed by atoms with Crippen LogP contribution in [0.15, 0.2) is 12.2 Å². The van der Waals surface area contributed by atoms with E-state index < -0.39 is 11.9 Å². The molecule has 18 heavy (non-hydrogen) atoms. The molecule has 0 heterocycles. The van der Waals surface area contributed by atoms with Crippen molar-refractivity contribution in [3.8, 4) is 0 Å². The normalized spacial score (nSPS) is 12.2. The lowest BCUT2D eigenvalue weighted by Gasteiger charge is -2.04. The van der Waals surface area contributed by atoms with Crippen LogP contribution in [0.25, 0.3) is 0 Å². The van der Waals surface area contributed by atoms with E-state index in [1.807, 2.05) is 0 Å². The van der Waals surface area contributed by atoms with Gasteiger partial charge in [-0.05, 0) is 18.9 Å². The standard InChI is InChI=1S/C14H24F2O2/c1-2-3-4-5-6-7-8-9-10-11-12-14(15,16)13(17)18/h11-12H,2-10H2,1H3,(H,17,18). The largest absolute Gasteiger partial charge is 0.477 e. The predicted octanol–water partition coefficient (Wildman–Crippen LogP) is 4.79. The lowest BCUT2D eigenvalue weighted by atomic mass is 10.1. The van der Waals surface area contributed by atoms with Crippen LogP contribution in [0, 0.1) is 0 Å². The molecule has 106 valence electrons. The molecule has 4 heteroatoms. The van der Waals surface area contributed by atoms with Crippen molar-refractivity contribution in [2.45, 2.75) is 70.6 Å². The van der Waals surface area contributed by atoms with Crippen LogP contribution in [-0.2, 0) is 4.79 Å². The summed E-state index contributed by atoms with van der Waals surface area (Å²) in [6.45, 7) is 2.18. The van der Waals surface area contributed by atoms with Crippen molar-refractivity contribution < 1.29 is 18.7 Å². The summed E-state index contributed by atoms with van der Waals surface area (Å²) in [6.07, 6.45) is 11.5. The van der Waals surface area contributed by atoms with Crippen LogP contribution in [0.5, 0.6) is 0 Å². The highest BCUT2D eigenvalue weighted by atomic mass is 19.3. The number of aliphatic carboxylic acids is 1. The summed E-state index contributed by atoms with van der Waals surface area (Å²) >= 11 is 0. The first-order chi connectivity index (χ1) is 8.50. The Bertz CT molecular complexity index is 250. The molecule has 0 fully saturated rings. The van der Waals surface area contributed by atoms with Crippen molar-refractivity contribution >= 4 is 5.97 Å². The fraction of sp³-hybridized carbons (Fsp3) is 0.786. The van der Waals surface area contributed by atoms with Crippen molar-refractivity contribution in [1.82, 2.24) is 0 Å². The first-order valence-corrected chi connectivity index (χ1v) is 6.79. The van der Waals surface area contributed by atoms with Gasteiger partial charge in [0.05, 0.1) is 0 Å². The third kappa shape index (κ3) is 9.14. The zero-order valence-electron chi connectivity index (χ0n) is 11.1. The number of alkyl halides is 2. The molecular formula is C14H24F2O2. The summed E-state index contributed by atoms with van der Waals surface area (Å²) in [6, 6.07) is 0. The topological polar surface area (TPSA) is 37.3 Å². The van der Waals surface area contributed by atoms with Crippen molar-refractivity contribution in [2.75, 3.05) is 0 Å². The number of hydrogen-bond acceptors (Lipinski definition) is 1. The molecule has 0 aromatic carbocycles. The summed E-state index contributed by atoms with van der Waals surface area (Å²) in [5.74, 6) is -5.81.